The molecular weight excluding hydrogens is 255 g/mol. The molecule has 1 fully saturated rings. The maximum Gasteiger partial charge on any atom is 0.514 e. The van der Waals surface area contributed by atoms with E-state index in [0.717, 1.165) is 5.56 Å². The minimum atomic E-state index is -0.506. The third-order valence-corrected chi connectivity index (χ3v) is 4.06. The lowest BCUT2D eigenvalue weighted by Crippen LogP contribution is -2.41. The molecule has 5 nitrogen and oxygen atoms in total. The highest BCUT2D eigenvalue weighted by Gasteiger charge is 2.52. The van der Waals surface area contributed by atoms with Crippen LogP contribution in [0.4, 0.5) is 5.69 Å². The fourth-order valence-electron chi connectivity index (χ4n) is 2.11. The first kappa shape index (κ1) is 15.3. The van der Waals surface area contributed by atoms with E-state index in [1.807, 2.05) is 33.8 Å². The second kappa shape index (κ2) is 5.02. The summed E-state index contributed by atoms with van der Waals surface area (Å²) in [6, 6.07) is 1.85. The maximum atomic E-state index is 9.51. The number of nitrogens with two attached hydrogens (primary N) is 1. The summed E-state index contributed by atoms with van der Waals surface area (Å²) in [7, 11) is -0.506. The summed E-state index contributed by atoms with van der Waals surface area (Å²) in [5.74, 6) is 0. The summed E-state index contributed by atoms with van der Waals surface area (Å²) in [4.78, 5) is 4.30. The Labute approximate surface area is 120 Å². The van der Waals surface area contributed by atoms with Crippen molar-refractivity contribution in [1.29, 1.82) is 0 Å². The predicted molar refractivity (Wildman–Crippen MR) is 79.8 cm³/mol. The quantitative estimate of drug-likeness (QED) is 0.803. The van der Waals surface area contributed by atoms with Crippen molar-refractivity contribution in [3.05, 3.63) is 17.8 Å². The van der Waals surface area contributed by atoms with E-state index >= 15 is 0 Å². The molecule has 1 aromatic rings. The molecule has 3 N–H and O–H groups in total. The molecule has 0 saturated carbocycles. The van der Waals surface area contributed by atoms with Crippen LogP contribution >= 0.6 is 0 Å². The zero-order valence-electron chi connectivity index (χ0n) is 12.8. The van der Waals surface area contributed by atoms with E-state index in [0.29, 0.717) is 17.7 Å². The lowest BCUT2D eigenvalue weighted by atomic mass is 9.83. The molecule has 6 heteroatoms. The van der Waals surface area contributed by atoms with Crippen LogP contribution in [0.3, 0.4) is 0 Å². The van der Waals surface area contributed by atoms with Crippen LogP contribution in [0.2, 0.25) is 0 Å². The van der Waals surface area contributed by atoms with E-state index in [9.17, 15) is 5.11 Å². The topological polar surface area (TPSA) is 77.6 Å². The number of aliphatic hydroxyl groups is 1. The molecule has 2 rings (SSSR count). The van der Waals surface area contributed by atoms with Gasteiger partial charge in [0.15, 0.2) is 0 Å². The number of aliphatic hydroxyl groups excluding tert-OH is 1. The maximum absolute atomic E-state index is 9.51. The van der Waals surface area contributed by atoms with Gasteiger partial charge < -0.3 is 20.1 Å². The average Bonchev–Trinajstić information content (AvgIpc) is 2.50. The van der Waals surface area contributed by atoms with Gasteiger partial charge in [0.05, 0.1) is 28.6 Å². The smallest absolute Gasteiger partial charge is 0.398 e. The molecular formula is C14H23BN2O3. The molecule has 1 aliphatic heterocycles. The van der Waals surface area contributed by atoms with Crippen LogP contribution in [0.5, 0.6) is 0 Å². The minimum Gasteiger partial charge on any atom is -0.398 e. The summed E-state index contributed by atoms with van der Waals surface area (Å²) >= 11 is 0. The van der Waals surface area contributed by atoms with E-state index in [1.54, 1.807) is 13.1 Å². The van der Waals surface area contributed by atoms with Gasteiger partial charge in [-0.25, -0.2) is 0 Å². The summed E-state index contributed by atoms with van der Waals surface area (Å²) in [6.45, 7) is 9.73. The Balaban J connectivity index is 2.27. The monoisotopic (exact) mass is 278 g/mol. The molecule has 20 heavy (non-hydrogen) atoms. The predicted octanol–water partition coefficient (Wildman–Crippen LogP) is 0.886. The van der Waals surface area contributed by atoms with E-state index in [1.165, 1.54) is 0 Å². The third kappa shape index (κ3) is 2.82. The lowest BCUT2D eigenvalue weighted by Gasteiger charge is -2.32. The molecule has 1 unspecified atom stereocenters. The molecule has 2 heterocycles. The van der Waals surface area contributed by atoms with Gasteiger partial charge in [-0.3, -0.25) is 4.98 Å². The Bertz CT molecular complexity index is 487. The van der Waals surface area contributed by atoms with Crippen LogP contribution < -0.4 is 11.3 Å². The number of aromatic nitrogens is 1. The molecule has 1 saturated heterocycles. The molecule has 1 aromatic heterocycles. The molecule has 0 bridgehead atoms. The van der Waals surface area contributed by atoms with E-state index < -0.39 is 24.4 Å². The molecule has 1 aliphatic rings. The van der Waals surface area contributed by atoms with Crippen LogP contribution in [0, 0.1) is 0 Å². The van der Waals surface area contributed by atoms with Gasteiger partial charge in [-0.15, -0.1) is 0 Å². The van der Waals surface area contributed by atoms with Crippen LogP contribution in [-0.4, -0.2) is 34.5 Å². The van der Waals surface area contributed by atoms with Gasteiger partial charge in [0.2, 0.25) is 0 Å². The van der Waals surface area contributed by atoms with Gasteiger partial charge >= 0.3 is 7.12 Å². The first-order valence-corrected chi connectivity index (χ1v) is 6.90. The van der Waals surface area contributed by atoms with Gasteiger partial charge in [-0.1, -0.05) is 0 Å². The van der Waals surface area contributed by atoms with E-state index in [2.05, 4.69) is 4.98 Å². The van der Waals surface area contributed by atoms with Crippen LogP contribution in [-0.2, 0) is 15.7 Å². The highest BCUT2D eigenvalue weighted by molar-refractivity contribution is 6.61. The molecule has 1 atom stereocenters. The Kier molecular flexibility index (Phi) is 3.84. The van der Waals surface area contributed by atoms with Gasteiger partial charge in [0, 0.05) is 12.6 Å². The second-order valence-electron chi connectivity index (χ2n) is 6.45. The highest BCUT2D eigenvalue weighted by Crippen LogP contribution is 2.36. The number of nitrogen functional groups attached to an aromatic ring is 1. The van der Waals surface area contributed by atoms with Crippen molar-refractivity contribution in [2.75, 3.05) is 5.73 Å². The summed E-state index contributed by atoms with van der Waals surface area (Å²) in [5.41, 5.74) is 7.22. The third-order valence-electron chi connectivity index (χ3n) is 4.06. The van der Waals surface area contributed by atoms with Crippen molar-refractivity contribution in [2.45, 2.75) is 58.3 Å². The minimum absolute atomic E-state index is 0.398. The van der Waals surface area contributed by atoms with Crippen molar-refractivity contribution in [3.63, 3.8) is 0 Å². The van der Waals surface area contributed by atoms with Crippen molar-refractivity contribution in [2.24, 2.45) is 0 Å². The number of hydrogen-bond acceptors (Lipinski definition) is 5. The summed E-state index contributed by atoms with van der Waals surface area (Å²) < 4.78 is 11.9. The summed E-state index contributed by atoms with van der Waals surface area (Å²) in [6.07, 6.45) is 1.63. The summed E-state index contributed by atoms with van der Waals surface area (Å²) in [5, 5.41) is 9.51. The van der Waals surface area contributed by atoms with Crippen LogP contribution in [0.25, 0.3) is 0 Å². The number of nitrogens with zero attached hydrogens (tertiary/aromatic N) is 1. The van der Waals surface area contributed by atoms with Gasteiger partial charge in [-0.05, 0) is 46.2 Å². The Hall–Kier alpha value is -1.11. The SMILES string of the molecule is CC(O)Cc1cc(B2OC(C)(C)C(C)(C)O2)ncc1N. The van der Waals surface area contributed by atoms with Gasteiger partial charge in [0.25, 0.3) is 0 Å². The normalized spacial score (nSPS) is 22.0. The average molecular weight is 278 g/mol. The fourth-order valence-corrected chi connectivity index (χ4v) is 2.11. The number of hydrogen-bond donors (Lipinski definition) is 2. The molecule has 0 radical (unpaired) electrons. The molecule has 0 spiro atoms. The van der Waals surface area contributed by atoms with Crippen LogP contribution in [0.15, 0.2) is 12.3 Å². The van der Waals surface area contributed by atoms with Gasteiger partial charge in [0.1, 0.15) is 0 Å². The van der Waals surface area contributed by atoms with Crippen molar-refractivity contribution in [1.82, 2.24) is 4.98 Å². The number of pyridine rings is 1. The first-order valence-electron chi connectivity index (χ1n) is 6.90. The van der Waals surface area contributed by atoms with Crippen molar-refractivity contribution >= 4 is 18.4 Å². The van der Waals surface area contributed by atoms with Crippen molar-refractivity contribution in [3.8, 4) is 0 Å². The molecule has 0 aromatic carbocycles. The number of rotatable bonds is 3. The Morgan fingerprint density at radius 3 is 2.35 bits per heavy atom. The molecule has 0 aliphatic carbocycles. The Morgan fingerprint density at radius 1 is 1.30 bits per heavy atom. The first-order chi connectivity index (χ1) is 9.12. The zero-order chi connectivity index (χ0) is 15.1. The van der Waals surface area contributed by atoms with E-state index in [-0.39, 0.29) is 0 Å². The highest BCUT2D eigenvalue weighted by atomic mass is 16.7. The van der Waals surface area contributed by atoms with Crippen LogP contribution in [0.1, 0.15) is 40.2 Å². The second-order valence-corrected chi connectivity index (χ2v) is 6.45. The zero-order valence-corrected chi connectivity index (χ0v) is 12.8. The lowest BCUT2D eigenvalue weighted by molar-refractivity contribution is 0.00578. The van der Waals surface area contributed by atoms with E-state index in [4.69, 9.17) is 15.0 Å². The largest absolute Gasteiger partial charge is 0.514 e. The Morgan fingerprint density at radius 2 is 1.85 bits per heavy atom. The van der Waals surface area contributed by atoms with Crippen molar-refractivity contribution < 1.29 is 14.4 Å². The fraction of sp³-hybridized carbons (Fsp3) is 0.643. The molecule has 0 amide bonds. The van der Waals surface area contributed by atoms with Gasteiger partial charge in [-0.2, -0.15) is 0 Å². The molecule has 110 valence electrons. The standard InChI is InChI=1S/C14H23BN2O3/c1-9(18)6-10-7-12(17-8-11(10)16)15-19-13(2,3)14(4,5)20-15/h7-9,18H,6,16H2,1-5H3. The number of anilines is 1.